The van der Waals surface area contributed by atoms with Crippen molar-refractivity contribution in [3.63, 3.8) is 0 Å². The second-order valence-corrected chi connectivity index (χ2v) is 7.18. The summed E-state index contributed by atoms with van der Waals surface area (Å²) in [4.78, 5) is 0.0958. The van der Waals surface area contributed by atoms with Crippen molar-refractivity contribution in [1.82, 2.24) is 4.31 Å². The van der Waals surface area contributed by atoms with Crippen LogP contribution >= 0.6 is 11.6 Å². The zero-order chi connectivity index (χ0) is 15.6. The van der Waals surface area contributed by atoms with E-state index in [9.17, 15) is 12.8 Å². The zero-order valence-corrected chi connectivity index (χ0v) is 13.2. The molecule has 2 aromatic rings. The van der Waals surface area contributed by atoms with Crippen LogP contribution in [0.2, 0.25) is 5.02 Å². The molecule has 0 bridgehead atoms. The molecule has 0 aliphatic heterocycles. The van der Waals surface area contributed by atoms with E-state index >= 15 is 0 Å². The molecule has 0 radical (unpaired) electrons. The van der Waals surface area contributed by atoms with Gasteiger partial charge in [-0.25, -0.2) is 12.8 Å². The van der Waals surface area contributed by atoms with Gasteiger partial charge in [-0.05, 0) is 42.3 Å². The van der Waals surface area contributed by atoms with Crippen molar-refractivity contribution < 1.29 is 12.8 Å². The van der Waals surface area contributed by atoms with Gasteiger partial charge in [0, 0.05) is 18.6 Å². The molecule has 0 saturated heterocycles. The Hall–Kier alpha value is -1.43. The Bertz CT molecular complexity index is 762. The van der Waals surface area contributed by atoms with E-state index in [1.165, 1.54) is 23.5 Å². The van der Waals surface area contributed by atoms with Crippen molar-refractivity contribution in [3.05, 3.63) is 64.4 Å². The topological polar surface area (TPSA) is 37.4 Å². The van der Waals surface area contributed by atoms with Crippen LogP contribution in [0.25, 0.3) is 0 Å². The van der Waals surface area contributed by atoms with E-state index < -0.39 is 15.8 Å². The molecule has 21 heavy (non-hydrogen) atoms. The van der Waals surface area contributed by atoms with Crippen LogP contribution in [0.5, 0.6) is 0 Å². The van der Waals surface area contributed by atoms with E-state index in [1.807, 2.05) is 0 Å². The molecule has 2 aromatic carbocycles. The highest BCUT2D eigenvalue weighted by molar-refractivity contribution is 7.89. The Balaban J connectivity index is 2.33. The van der Waals surface area contributed by atoms with Crippen LogP contribution in [0.15, 0.2) is 47.4 Å². The maximum absolute atomic E-state index is 13.1. The van der Waals surface area contributed by atoms with Crippen molar-refractivity contribution in [1.29, 1.82) is 0 Å². The van der Waals surface area contributed by atoms with Gasteiger partial charge in [0.05, 0.1) is 4.90 Å². The monoisotopic (exact) mass is 327 g/mol. The minimum atomic E-state index is -3.69. The van der Waals surface area contributed by atoms with Gasteiger partial charge in [-0.1, -0.05) is 29.8 Å². The van der Waals surface area contributed by atoms with Crippen LogP contribution in [0.1, 0.15) is 11.1 Å². The maximum atomic E-state index is 13.1. The van der Waals surface area contributed by atoms with E-state index in [1.54, 1.807) is 31.2 Å². The molecular formula is C15H15ClFNO2S. The van der Waals surface area contributed by atoms with Crippen LogP contribution in [0.3, 0.4) is 0 Å². The minimum Gasteiger partial charge on any atom is -0.207 e. The third-order valence-corrected chi connectivity index (χ3v) is 5.51. The van der Waals surface area contributed by atoms with Crippen molar-refractivity contribution in [3.8, 4) is 0 Å². The SMILES string of the molecule is Cc1cc(F)ccc1S(=O)(=O)N(C)Cc1ccccc1Cl. The van der Waals surface area contributed by atoms with Gasteiger partial charge in [0.2, 0.25) is 10.0 Å². The molecule has 6 heteroatoms. The fourth-order valence-electron chi connectivity index (χ4n) is 2.02. The molecule has 0 aromatic heterocycles. The summed E-state index contributed by atoms with van der Waals surface area (Å²) in [6, 6.07) is 10.7. The summed E-state index contributed by atoms with van der Waals surface area (Å²) in [5.74, 6) is -0.458. The average Bonchev–Trinajstić information content (AvgIpc) is 2.40. The molecule has 0 aliphatic rings. The number of sulfonamides is 1. The van der Waals surface area contributed by atoms with E-state index in [0.717, 1.165) is 6.07 Å². The largest absolute Gasteiger partial charge is 0.243 e. The van der Waals surface area contributed by atoms with E-state index in [2.05, 4.69) is 0 Å². The molecule has 0 N–H and O–H groups in total. The number of aryl methyl sites for hydroxylation is 1. The lowest BCUT2D eigenvalue weighted by molar-refractivity contribution is 0.466. The third kappa shape index (κ3) is 3.43. The standard InChI is InChI=1S/C15H15ClFNO2S/c1-11-9-13(17)7-8-15(11)21(19,20)18(2)10-12-5-3-4-6-14(12)16/h3-9H,10H2,1-2H3. The fourth-order valence-corrected chi connectivity index (χ4v) is 3.57. The summed E-state index contributed by atoms with van der Waals surface area (Å²) in [6.45, 7) is 1.72. The summed E-state index contributed by atoms with van der Waals surface area (Å²) in [7, 11) is -2.22. The Morgan fingerprint density at radius 1 is 1.19 bits per heavy atom. The summed E-state index contributed by atoms with van der Waals surface area (Å²) >= 11 is 6.05. The van der Waals surface area contributed by atoms with Gasteiger partial charge in [0.25, 0.3) is 0 Å². The number of hydrogen-bond acceptors (Lipinski definition) is 2. The van der Waals surface area contributed by atoms with Gasteiger partial charge < -0.3 is 0 Å². The van der Waals surface area contributed by atoms with Gasteiger partial charge in [-0.2, -0.15) is 4.31 Å². The molecule has 0 amide bonds. The minimum absolute atomic E-state index is 0.0958. The van der Waals surface area contributed by atoms with Crippen LogP contribution in [0, 0.1) is 12.7 Å². The molecule has 3 nitrogen and oxygen atoms in total. The number of halogens is 2. The molecule has 0 saturated carbocycles. The molecule has 0 spiro atoms. The molecule has 0 atom stereocenters. The number of nitrogens with zero attached hydrogens (tertiary/aromatic N) is 1. The van der Waals surface area contributed by atoms with Crippen molar-refractivity contribution in [2.24, 2.45) is 0 Å². The fraction of sp³-hybridized carbons (Fsp3) is 0.200. The molecular weight excluding hydrogens is 313 g/mol. The first-order valence-corrected chi connectivity index (χ1v) is 8.10. The lowest BCUT2D eigenvalue weighted by Gasteiger charge is -2.19. The molecule has 0 aliphatic carbocycles. The first kappa shape index (κ1) is 15.9. The van der Waals surface area contributed by atoms with E-state index in [4.69, 9.17) is 11.6 Å². The second kappa shape index (κ2) is 6.13. The summed E-state index contributed by atoms with van der Waals surface area (Å²) in [5.41, 5.74) is 1.09. The van der Waals surface area contributed by atoms with Gasteiger partial charge in [0.1, 0.15) is 5.82 Å². The van der Waals surface area contributed by atoms with Gasteiger partial charge >= 0.3 is 0 Å². The number of benzene rings is 2. The Morgan fingerprint density at radius 3 is 2.48 bits per heavy atom. The molecule has 0 fully saturated rings. The Labute approximate surface area is 129 Å². The zero-order valence-electron chi connectivity index (χ0n) is 11.7. The number of hydrogen-bond donors (Lipinski definition) is 0. The van der Waals surface area contributed by atoms with Crippen molar-refractivity contribution >= 4 is 21.6 Å². The van der Waals surface area contributed by atoms with E-state index in [0.29, 0.717) is 16.1 Å². The summed E-state index contributed by atoms with van der Waals surface area (Å²) < 4.78 is 39.4. The van der Waals surface area contributed by atoms with Crippen molar-refractivity contribution in [2.75, 3.05) is 7.05 Å². The highest BCUT2D eigenvalue weighted by Crippen LogP contribution is 2.23. The predicted octanol–water partition coefficient (Wildman–Crippen LogP) is 3.61. The summed E-state index contributed by atoms with van der Waals surface area (Å²) in [6.07, 6.45) is 0. The first-order valence-electron chi connectivity index (χ1n) is 6.28. The van der Waals surface area contributed by atoms with Crippen LogP contribution in [-0.4, -0.2) is 19.8 Å². The van der Waals surface area contributed by atoms with Gasteiger partial charge in [0.15, 0.2) is 0 Å². The molecule has 0 heterocycles. The first-order chi connectivity index (χ1) is 9.82. The molecule has 0 unspecified atom stereocenters. The van der Waals surface area contributed by atoms with Gasteiger partial charge in [-0.3, -0.25) is 0 Å². The lowest BCUT2D eigenvalue weighted by atomic mass is 10.2. The lowest BCUT2D eigenvalue weighted by Crippen LogP contribution is -2.27. The molecule has 112 valence electrons. The maximum Gasteiger partial charge on any atom is 0.243 e. The van der Waals surface area contributed by atoms with Gasteiger partial charge in [-0.15, -0.1) is 0 Å². The second-order valence-electron chi connectivity index (χ2n) is 4.76. The average molecular weight is 328 g/mol. The number of rotatable bonds is 4. The predicted molar refractivity (Wildman–Crippen MR) is 81.2 cm³/mol. The smallest absolute Gasteiger partial charge is 0.207 e. The highest BCUT2D eigenvalue weighted by Gasteiger charge is 2.23. The Morgan fingerprint density at radius 2 is 1.86 bits per heavy atom. The normalized spacial score (nSPS) is 11.9. The van der Waals surface area contributed by atoms with E-state index in [-0.39, 0.29) is 11.4 Å². The van der Waals surface area contributed by atoms with Crippen LogP contribution < -0.4 is 0 Å². The third-order valence-electron chi connectivity index (χ3n) is 3.18. The summed E-state index contributed by atoms with van der Waals surface area (Å²) in [5, 5.41) is 0.510. The molecule has 2 rings (SSSR count). The van der Waals surface area contributed by atoms with Crippen LogP contribution in [-0.2, 0) is 16.6 Å². The highest BCUT2D eigenvalue weighted by atomic mass is 35.5. The van der Waals surface area contributed by atoms with Crippen LogP contribution in [0.4, 0.5) is 4.39 Å². The van der Waals surface area contributed by atoms with Crippen molar-refractivity contribution in [2.45, 2.75) is 18.4 Å². The Kier molecular flexibility index (Phi) is 4.66. The quantitative estimate of drug-likeness (QED) is 0.860.